The Morgan fingerprint density at radius 1 is 1.30 bits per heavy atom. The van der Waals surface area contributed by atoms with E-state index in [2.05, 4.69) is 62.5 Å². The van der Waals surface area contributed by atoms with Crippen molar-refractivity contribution < 1.29 is 0 Å². The SMILES string of the molecule is CCCn1ncnc1CC(CNC)c1ccc(Br)cc1. The number of aromatic nitrogens is 3. The van der Waals surface area contributed by atoms with Crippen LogP contribution in [-0.2, 0) is 13.0 Å². The molecule has 1 atom stereocenters. The summed E-state index contributed by atoms with van der Waals surface area (Å²) in [4.78, 5) is 4.41. The second-order valence-electron chi connectivity index (χ2n) is 4.91. The summed E-state index contributed by atoms with van der Waals surface area (Å²) >= 11 is 3.48. The van der Waals surface area contributed by atoms with Crippen LogP contribution in [0.1, 0.15) is 30.7 Å². The van der Waals surface area contributed by atoms with Crippen molar-refractivity contribution in [2.75, 3.05) is 13.6 Å². The summed E-state index contributed by atoms with van der Waals surface area (Å²) in [5, 5.41) is 7.58. The lowest BCUT2D eigenvalue weighted by Gasteiger charge is -2.17. The second-order valence-corrected chi connectivity index (χ2v) is 5.83. The summed E-state index contributed by atoms with van der Waals surface area (Å²) in [6.45, 7) is 4.02. The van der Waals surface area contributed by atoms with Gasteiger partial charge in [0.1, 0.15) is 12.2 Å². The highest BCUT2D eigenvalue weighted by Crippen LogP contribution is 2.21. The zero-order valence-corrected chi connectivity index (χ0v) is 13.6. The third-order valence-corrected chi connectivity index (χ3v) is 3.88. The summed E-state index contributed by atoms with van der Waals surface area (Å²) in [5.41, 5.74) is 1.33. The molecule has 108 valence electrons. The number of nitrogens with one attached hydrogen (secondary N) is 1. The number of hydrogen-bond donors (Lipinski definition) is 1. The van der Waals surface area contributed by atoms with Gasteiger partial charge in [-0.15, -0.1) is 0 Å². The molecule has 0 aliphatic heterocycles. The van der Waals surface area contributed by atoms with Gasteiger partial charge in [-0.2, -0.15) is 5.10 Å². The maximum absolute atomic E-state index is 4.41. The van der Waals surface area contributed by atoms with Crippen LogP contribution in [0.4, 0.5) is 0 Å². The van der Waals surface area contributed by atoms with E-state index in [4.69, 9.17) is 0 Å². The van der Waals surface area contributed by atoms with E-state index in [1.807, 2.05) is 11.7 Å². The van der Waals surface area contributed by atoms with Crippen LogP contribution in [0.5, 0.6) is 0 Å². The van der Waals surface area contributed by atoms with E-state index in [1.165, 1.54) is 5.56 Å². The largest absolute Gasteiger partial charge is 0.319 e. The van der Waals surface area contributed by atoms with Crippen LogP contribution in [0.15, 0.2) is 35.1 Å². The van der Waals surface area contributed by atoms with Gasteiger partial charge in [-0.25, -0.2) is 4.98 Å². The fourth-order valence-corrected chi connectivity index (χ4v) is 2.62. The third kappa shape index (κ3) is 3.90. The van der Waals surface area contributed by atoms with E-state index >= 15 is 0 Å². The predicted octanol–water partition coefficient (Wildman–Crippen LogP) is 3.00. The second kappa shape index (κ2) is 7.55. The Balaban J connectivity index is 2.16. The number of rotatable bonds is 7. The summed E-state index contributed by atoms with van der Waals surface area (Å²) < 4.78 is 3.13. The van der Waals surface area contributed by atoms with E-state index in [-0.39, 0.29) is 0 Å². The van der Waals surface area contributed by atoms with Crippen molar-refractivity contribution in [2.24, 2.45) is 0 Å². The van der Waals surface area contributed by atoms with Crippen molar-refractivity contribution in [2.45, 2.75) is 32.2 Å². The lowest BCUT2D eigenvalue weighted by Crippen LogP contribution is -2.21. The van der Waals surface area contributed by atoms with Crippen LogP contribution in [0.2, 0.25) is 0 Å². The number of halogens is 1. The molecule has 20 heavy (non-hydrogen) atoms. The Kier molecular flexibility index (Phi) is 5.73. The van der Waals surface area contributed by atoms with Gasteiger partial charge in [-0.1, -0.05) is 35.0 Å². The zero-order valence-electron chi connectivity index (χ0n) is 12.0. The predicted molar refractivity (Wildman–Crippen MR) is 84.8 cm³/mol. The van der Waals surface area contributed by atoms with E-state index in [9.17, 15) is 0 Å². The van der Waals surface area contributed by atoms with Crippen molar-refractivity contribution in [3.63, 3.8) is 0 Å². The summed E-state index contributed by atoms with van der Waals surface area (Å²) in [6, 6.07) is 8.53. The molecule has 0 aliphatic carbocycles. The number of aryl methyl sites for hydroxylation is 1. The average Bonchev–Trinajstić information content (AvgIpc) is 2.87. The molecule has 0 radical (unpaired) electrons. The van der Waals surface area contributed by atoms with Gasteiger partial charge in [0, 0.05) is 29.9 Å². The molecule has 1 heterocycles. The molecule has 1 aromatic carbocycles. The maximum Gasteiger partial charge on any atom is 0.138 e. The highest BCUT2D eigenvalue weighted by Gasteiger charge is 2.15. The highest BCUT2D eigenvalue weighted by atomic mass is 79.9. The molecule has 0 spiro atoms. The number of benzene rings is 1. The third-order valence-electron chi connectivity index (χ3n) is 3.35. The molecule has 0 fully saturated rings. The minimum Gasteiger partial charge on any atom is -0.319 e. The monoisotopic (exact) mass is 336 g/mol. The summed E-state index contributed by atoms with van der Waals surface area (Å²) in [6.07, 6.45) is 3.64. The lowest BCUT2D eigenvalue weighted by molar-refractivity contribution is 0.533. The van der Waals surface area contributed by atoms with Crippen molar-refractivity contribution in [1.29, 1.82) is 0 Å². The zero-order chi connectivity index (χ0) is 14.4. The molecule has 1 aromatic heterocycles. The molecule has 0 amide bonds. The quantitative estimate of drug-likeness (QED) is 0.845. The van der Waals surface area contributed by atoms with Gasteiger partial charge in [0.2, 0.25) is 0 Å². The topological polar surface area (TPSA) is 42.7 Å². The first-order chi connectivity index (χ1) is 9.74. The van der Waals surface area contributed by atoms with Crippen LogP contribution in [0.3, 0.4) is 0 Å². The smallest absolute Gasteiger partial charge is 0.138 e. The van der Waals surface area contributed by atoms with E-state index in [1.54, 1.807) is 6.33 Å². The molecular weight excluding hydrogens is 316 g/mol. The van der Waals surface area contributed by atoms with Gasteiger partial charge in [0.25, 0.3) is 0 Å². The molecule has 0 saturated carbocycles. The minimum atomic E-state index is 0.410. The summed E-state index contributed by atoms with van der Waals surface area (Å²) in [5.74, 6) is 1.47. The van der Waals surface area contributed by atoms with Gasteiger partial charge in [-0.05, 0) is 31.2 Å². The molecule has 1 unspecified atom stereocenters. The Hall–Kier alpha value is -1.20. The normalized spacial score (nSPS) is 12.6. The van der Waals surface area contributed by atoms with Gasteiger partial charge in [-0.3, -0.25) is 4.68 Å². The van der Waals surface area contributed by atoms with Gasteiger partial charge in [0.05, 0.1) is 0 Å². The van der Waals surface area contributed by atoms with Gasteiger partial charge in [0.15, 0.2) is 0 Å². The van der Waals surface area contributed by atoms with Gasteiger partial charge >= 0.3 is 0 Å². The molecule has 0 aliphatic rings. The van der Waals surface area contributed by atoms with Crippen LogP contribution in [-0.4, -0.2) is 28.4 Å². The number of likely N-dealkylation sites (N-methyl/N-ethyl adjacent to an activating group) is 1. The van der Waals surface area contributed by atoms with Crippen molar-refractivity contribution in [3.05, 3.63) is 46.5 Å². The van der Waals surface area contributed by atoms with E-state index < -0.39 is 0 Å². The van der Waals surface area contributed by atoms with Crippen LogP contribution in [0.25, 0.3) is 0 Å². The lowest BCUT2D eigenvalue weighted by atomic mass is 9.95. The number of hydrogen-bond acceptors (Lipinski definition) is 3. The minimum absolute atomic E-state index is 0.410. The molecule has 0 bridgehead atoms. The van der Waals surface area contributed by atoms with Crippen molar-refractivity contribution in [3.8, 4) is 0 Å². The van der Waals surface area contributed by atoms with Crippen LogP contribution < -0.4 is 5.32 Å². The Morgan fingerprint density at radius 3 is 2.70 bits per heavy atom. The van der Waals surface area contributed by atoms with Crippen molar-refractivity contribution >= 4 is 15.9 Å². The number of nitrogens with zero attached hydrogens (tertiary/aromatic N) is 3. The molecule has 5 heteroatoms. The summed E-state index contributed by atoms with van der Waals surface area (Å²) in [7, 11) is 1.99. The van der Waals surface area contributed by atoms with Crippen LogP contribution in [0, 0.1) is 0 Å². The Labute approximate surface area is 128 Å². The molecule has 0 saturated heterocycles. The molecular formula is C15H21BrN4. The van der Waals surface area contributed by atoms with Crippen molar-refractivity contribution in [1.82, 2.24) is 20.1 Å². The van der Waals surface area contributed by atoms with E-state index in [0.717, 1.165) is 36.2 Å². The average molecular weight is 337 g/mol. The Morgan fingerprint density at radius 2 is 2.05 bits per heavy atom. The molecule has 2 aromatic rings. The molecule has 4 nitrogen and oxygen atoms in total. The first kappa shape index (κ1) is 15.2. The van der Waals surface area contributed by atoms with Gasteiger partial charge < -0.3 is 5.32 Å². The standard InChI is InChI=1S/C15H21BrN4/c1-3-8-20-15(18-11-19-20)9-13(10-17-2)12-4-6-14(16)7-5-12/h4-7,11,13,17H,3,8-10H2,1-2H3. The highest BCUT2D eigenvalue weighted by molar-refractivity contribution is 9.10. The molecule has 2 rings (SSSR count). The molecule has 1 N–H and O–H groups in total. The maximum atomic E-state index is 4.41. The first-order valence-electron chi connectivity index (χ1n) is 7.01. The Bertz CT molecular complexity index is 521. The fraction of sp³-hybridized carbons (Fsp3) is 0.467. The van der Waals surface area contributed by atoms with E-state index in [0.29, 0.717) is 5.92 Å². The first-order valence-corrected chi connectivity index (χ1v) is 7.80. The van der Waals surface area contributed by atoms with Crippen LogP contribution >= 0.6 is 15.9 Å². The fourth-order valence-electron chi connectivity index (χ4n) is 2.35.